The fourth-order valence-electron chi connectivity index (χ4n) is 4.96. The third kappa shape index (κ3) is 10.5. The third-order valence-corrected chi connectivity index (χ3v) is 7.81. The van der Waals surface area contributed by atoms with E-state index in [4.69, 9.17) is 22.1 Å². The lowest BCUT2D eigenvalue weighted by atomic mass is 9.92. The molecule has 3 unspecified atom stereocenters. The maximum atomic E-state index is 14.6. The summed E-state index contributed by atoms with van der Waals surface area (Å²) in [4.78, 5) is 55.3. The SMILES string of the molecule is Cc1cccc(C(C(=O)Nc2c(C)cccc2Cl)N(C(=O)C(CCC(N)=O)NC(=O)OC(C)(C)C)C(C)CCC(C)C)c1C. The molecule has 10 heteroatoms. The molecule has 0 heterocycles. The standard InChI is InChI=1S/C34H49ClN4O5/c1-20(2)16-17-23(5)39(32(42)27(18-19-28(36)40)37-33(43)44-34(7,8)9)30(25-14-10-12-21(3)24(25)6)31(41)38-29-22(4)13-11-15-26(29)35/h10-15,20,23,27,30H,16-19H2,1-9H3,(H2,36,40)(H,37,43)(H,38,41). The first-order valence-electron chi connectivity index (χ1n) is 15.1. The van der Waals surface area contributed by atoms with Gasteiger partial charge in [0.1, 0.15) is 17.7 Å². The smallest absolute Gasteiger partial charge is 0.408 e. The van der Waals surface area contributed by atoms with Gasteiger partial charge in [0.05, 0.1) is 10.7 Å². The summed E-state index contributed by atoms with van der Waals surface area (Å²) in [6, 6.07) is 8.27. The van der Waals surface area contributed by atoms with Crippen LogP contribution in [0.15, 0.2) is 36.4 Å². The van der Waals surface area contributed by atoms with E-state index < -0.39 is 47.5 Å². The Balaban J connectivity index is 2.74. The minimum absolute atomic E-state index is 0.0639. The number of aryl methyl sites for hydroxylation is 2. The fraction of sp³-hybridized carbons (Fsp3) is 0.529. The number of amides is 4. The van der Waals surface area contributed by atoms with Crippen molar-refractivity contribution < 1.29 is 23.9 Å². The van der Waals surface area contributed by atoms with Crippen molar-refractivity contribution in [2.24, 2.45) is 11.7 Å². The van der Waals surface area contributed by atoms with Gasteiger partial charge in [0.25, 0.3) is 5.91 Å². The molecule has 0 aliphatic carbocycles. The van der Waals surface area contributed by atoms with Gasteiger partial charge in [0.2, 0.25) is 11.8 Å². The number of nitrogens with zero attached hydrogens (tertiary/aromatic N) is 1. The van der Waals surface area contributed by atoms with Crippen LogP contribution >= 0.6 is 11.6 Å². The van der Waals surface area contributed by atoms with E-state index in [2.05, 4.69) is 24.5 Å². The quantitative estimate of drug-likeness (QED) is 0.226. The van der Waals surface area contributed by atoms with Gasteiger partial charge in [-0.3, -0.25) is 14.4 Å². The highest BCUT2D eigenvalue weighted by atomic mass is 35.5. The van der Waals surface area contributed by atoms with E-state index in [-0.39, 0.29) is 12.8 Å². The van der Waals surface area contributed by atoms with Crippen LogP contribution < -0.4 is 16.4 Å². The Morgan fingerprint density at radius 3 is 2.11 bits per heavy atom. The van der Waals surface area contributed by atoms with Crippen LogP contribution in [0.2, 0.25) is 5.02 Å². The van der Waals surface area contributed by atoms with E-state index in [1.807, 2.05) is 52.0 Å². The molecule has 0 saturated heterocycles. The topological polar surface area (TPSA) is 131 Å². The van der Waals surface area contributed by atoms with Gasteiger partial charge in [-0.15, -0.1) is 0 Å². The predicted molar refractivity (Wildman–Crippen MR) is 175 cm³/mol. The van der Waals surface area contributed by atoms with Crippen LogP contribution in [0, 0.1) is 26.7 Å². The first kappa shape index (κ1) is 36.6. The lowest BCUT2D eigenvalue weighted by molar-refractivity contribution is -0.143. The van der Waals surface area contributed by atoms with Crippen LogP contribution in [0.4, 0.5) is 10.5 Å². The molecule has 0 aliphatic heterocycles. The van der Waals surface area contributed by atoms with Gasteiger partial charge in [-0.2, -0.15) is 0 Å². The number of nitrogens with one attached hydrogen (secondary N) is 2. The van der Waals surface area contributed by atoms with E-state index in [0.717, 1.165) is 23.1 Å². The molecule has 0 aliphatic rings. The molecule has 4 N–H and O–H groups in total. The zero-order valence-electron chi connectivity index (χ0n) is 27.5. The Hall–Kier alpha value is -3.59. The largest absolute Gasteiger partial charge is 0.444 e. The van der Waals surface area contributed by atoms with Crippen LogP contribution in [-0.2, 0) is 19.1 Å². The highest BCUT2D eigenvalue weighted by Crippen LogP contribution is 2.33. The van der Waals surface area contributed by atoms with Crippen molar-refractivity contribution in [3.63, 3.8) is 0 Å². The number of alkyl carbamates (subject to hydrolysis) is 1. The molecule has 0 radical (unpaired) electrons. The van der Waals surface area contributed by atoms with Crippen molar-refractivity contribution in [1.29, 1.82) is 0 Å². The first-order valence-corrected chi connectivity index (χ1v) is 15.5. The predicted octanol–water partition coefficient (Wildman–Crippen LogP) is 6.76. The highest BCUT2D eigenvalue weighted by Gasteiger charge is 2.40. The minimum Gasteiger partial charge on any atom is -0.444 e. The Labute approximate surface area is 267 Å². The first-order chi connectivity index (χ1) is 20.4. The number of primary amides is 1. The van der Waals surface area contributed by atoms with Gasteiger partial charge in [-0.05, 0) is 102 Å². The molecule has 4 amide bonds. The Bertz CT molecular complexity index is 1320. The zero-order chi connectivity index (χ0) is 33.4. The van der Waals surface area contributed by atoms with Gasteiger partial charge in [0.15, 0.2) is 0 Å². The number of para-hydroxylation sites is 1. The molecule has 242 valence electrons. The summed E-state index contributed by atoms with van der Waals surface area (Å²) in [5.74, 6) is -1.25. The molecule has 3 atom stereocenters. The second-order valence-corrected chi connectivity index (χ2v) is 13.3. The number of carbonyl (C=O) groups excluding carboxylic acids is 4. The van der Waals surface area contributed by atoms with E-state index >= 15 is 0 Å². The number of hydrogen-bond acceptors (Lipinski definition) is 5. The van der Waals surface area contributed by atoms with Gasteiger partial charge in [-0.25, -0.2) is 4.79 Å². The molecular formula is C34H49ClN4O5. The summed E-state index contributed by atoms with van der Waals surface area (Å²) in [6.07, 6.45) is 0.360. The van der Waals surface area contributed by atoms with Gasteiger partial charge < -0.3 is 26.0 Å². The molecule has 2 aromatic rings. The Kier molecular flexibility index (Phi) is 13.3. The number of nitrogens with two attached hydrogens (primary N) is 1. The second kappa shape index (κ2) is 15.9. The lowest BCUT2D eigenvalue weighted by Gasteiger charge is -2.39. The second-order valence-electron chi connectivity index (χ2n) is 12.9. The van der Waals surface area contributed by atoms with Crippen molar-refractivity contribution in [3.8, 4) is 0 Å². The molecule has 44 heavy (non-hydrogen) atoms. The van der Waals surface area contributed by atoms with Gasteiger partial charge in [-0.1, -0.05) is 55.8 Å². The molecule has 2 rings (SSSR count). The van der Waals surface area contributed by atoms with Crippen molar-refractivity contribution in [2.45, 2.75) is 112 Å². The summed E-state index contributed by atoms with van der Waals surface area (Å²) in [6.45, 7) is 16.9. The maximum Gasteiger partial charge on any atom is 0.408 e. The fourth-order valence-corrected chi connectivity index (χ4v) is 5.22. The van der Waals surface area contributed by atoms with E-state index in [9.17, 15) is 19.2 Å². The summed E-state index contributed by atoms with van der Waals surface area (Å²) in [5.41, 5.74) is 8.30. The van der Waals surface area contributed by atoms with Gasteiger partial charge in [0, 0.05) is 12.5 Å². The van der Waals surface area contributed by atoms with Crippen LogP contribution in [0.5, 0.6) is 0 Å². The van der Waals surface area contributed by atoms with E-state index in [1.54, 1.807) is 32.9 Å². The third-order valence-electron chi connectivity index (χ3n) is 7.50. The van der Waals surface area contributed by atoms with Crippen molar-refractivity contribution >= 4 is 41.1 Å². The Morgan fingerprint density at radius 1 is 0.932 bits per heavy atom. The summed E-state index contributed by atoms with van der Waals surface area (Å²) in [5, 5.41) is 6.01. The number of carbonyl (C=O) groups is 4. The van der Waals surface area contributed by atoms with Crippen LogP contribution in [0.1, 0.15) is 95.5 Å². The maximum absolute atomic E-state index is 14.6. The summed E-state index contributed by atoms with van der Waals surface area (Å²) in [7, 11) is 0. The average Bonchev–Trinajstić information content (AvgIpc) is 2.90. The summed E-state index contributed by atoms with van der Waals surface area (Å²) >= 11 is 6.50. The molecule has 2 aromatic carbocycles. The number of anilines is 1. The van der Waals surface area contributed by atoms with Crippen LogP contribution in [0.3, 0.4) is 0 Å². The van der Waals surface area contributed by atoms with E-state index in [0.29, 0.717) is 28.6 Å². The minimum atomic E-state index is -1.18. The number of halogens is 1. The molecule has 0 spiro atoms. The van der Waals surface area contributed by atoms with Crippen molar-refractivity contribution in [2.75, 3.05) is 5.32 Å². The Morgan fingerprint density at radius 2 is 1.55 bits per heavy atom. The zero-order valence-corrected chi connectivity index (χ0v) is 28.3. The number of ether oxygens (including phenoxy) is 1. The van der Waals surface area contributed by atoms with Crippen molar-refractivity contribution in [3.05, 3.63) is 63.7 Å². The molecule has 9 nitrogen and oxygen atoms in total. The average molecular weight is 629 g/mol. The highest BCUT2D eigenvalue weighted by molar-refractivity contribution is 6.34. The normalized spacial score (nSPS) is 13.5. The number of hydrogen-bond donors (Lipinski definition) is 3. The lowest BCUT2D eigenvalue weighted by Crippen LogP contribution is -2.55. The number of rotatable bonds is 13. The van der Waals surface area contributed by atoms with Crippen LogP contribution in [-0.4, -0.2) is 46.4 Å². The van der Waals surface area contributed by atoms with Crippen LogP contribution in [0.25, 0.3) is 0 Å². The molecule has 0 fully saturated rings. The molecule has 0 saturated carbocycles. The summed E-state index contributed by atoms with van der Waals surface area (Å²) < 4.78 is 5.45. The molecular weight excluding hydrogens is 580 g/mol. The monoisotopic (exact) mass is 628 g/mol. The molecule has 0 aromatic heterocycles. The van der Waals surface area contributed by atoms with Gasteiger partial charge >= 0.3 is 6.09 Å². The van der Waals surface area contributed by atoms with Crippen molar-refractivity contribution in [1.82, 2.24) is 10.2 Å². The molecule has 0 bridgehead atoms. The van der Waals surface area contributed by atoms with E-state index in [1.165, 1.54) is 4.90 Å². The number of benzene rings is 2.